The molecule has 0 aliphatic heterocycles. The molecule has 16 heavy (non-hydrogen) atoms. The number of nitrogens with two attached hydrogens (primary N) is 1. The van der Waals surface area contributed by atoms with Gasteiger partial charge in [0.05, 0.1) is 6.61 Å². The van der Waals surface area contributed by atoms with Crippen LogP contribution < -0.4 is 5.73 Å². The number of esters is 1. The minimum absolute atomic E-state index is 0.307. The topological polar surface area (TPSA) is 55.6 Å². The van der Waals surface area contributed by atoms with E-state index in [2.05, 4.69) is 25.7 Å². The first-order valence-electron chi connectivity index (χ1n) is 6.15. The van der Waals surface area contributed by atoms with E-state index >= 15 is 0 Å². The van der Waals surface area contributed by atoms with Crippen LogP contribution in [-0.2, 0) is 9.53 Å². The predicted octanol–water partition coefficient (Wildman–Crippen LogP) is 1.39. The molecule has 2 atom stereocenters. The molecule has 0 fully saturated rings. The van der Waals surface area contributed by atoms with Crippen LogP contribution in [0.25, 0.3) is 0 Å². The van der Waals surface area contributed by atoms with Gasteiger partial charge in [-0.05, 0) is 33.4 Å². The van der Waals surface area contributed by atoms with Crippen molar-refractivity contribution in [2.75, 3.05) is 19.7 Å². The third kappa shape index (κ3) is 3.19. The van der Waals surface area contributed by atoms with Gasteiger partial charge in [0.2, 0.25) is 0 Å². The maximum Gasteiger partial charge on any atom is 0.324 e. The van der Waals surface area contributed by atoms with E-state index in [1.807, 2.05) is 6.92 Å². The van der Waals surface area contributed by atoms with Crippen LogP contribution in [0, 0.1) is 0 Å². The van der Waals surface area contributed by atoms with Crippen LogP contribution >= 0.6 is 0 Å². The molecule has 0 rings (SSSR count). The molecule has 4 nitrogen and oxygen atoms in total. The number of ether oxygens (including phenoxy) is 1. The molecule has 0 bridgehead atoms. The lowest BCUT2D eigenvalue weighted by atomic mass is 9.87. The van der Waals surface area contributed by atoms with Gasteiger partial charge in [-0.25, -0.2) is 0 Å². The molecule has 0 saturated carbocycles. The standard InChI is InChI=1S/C12H26N2O2/c1-6-12(5,14(7-2)8-3)10(13)11(15)16-9-4/h10H,6-9,13H2,1-5H3/t10-,12+/m1/s1. The van der Waals surface area contributed by atoms with Gasteiger partial charge in [0.25, 0.3) is 0 Å². The van der Waals surface area contributed by atoms with E-state index in [9.17, 15) is 4.79 Å². The molecule has 0 radical (unpaired) electrons. The van der Waals surface area contributed by atoms with Crippen LogP contribution in [0.2, 0.25) is 0 Å². The molecule has 2 N–H and O–H groups in total. The maximum atomic E-state index is 11.7. The van der Waals surface area contributed by atoms with Crippen molar-refractivity contribution in [2.24, 2.45) is 5.73 Å². The second kappa shape index (κ2) is 6.86. The predicted molar refractivity (Wildman–Crippen MR) is 66.2 cm³/mol. The normalized spacial score (nSPS) is 16.9. The molecule has 0 heterocycles. The van der Waals surface area contributed by atoms with Gasteiger partial charge >= 0.3 is 5.97 Å². The van der Waals surface area contributed by atoms with E-state index in [-0.39, 0.29) is 11.5 Å². The first kappa shape index (κ1) is 15.4. The molecule has 4 heteroatoms. The number of likely N-dealkylation sites (N-methyl/N-ethyl adjacent to an activating group) is 1. The summed E-state index contributed by atoms with van der Waals surface area (Å²) in [6.45, 7) is 12.2. The van der Waals surface area contributed by atoms with E-state index in [4.69, 9.17) is 10.5 Å². The zero-order chi connectivity index (χ0) is 12.8. The highest BCUT2D eigenvalue weighted by molar-refractivity contribution is 5.77. The van der Waals surface area contributed by atoms with Gasteiger partial charge < -0.3 is 10.5 Å². The molecule has 0 aromatic carbocycles. The van der Waals surface area contributed by atoms with E-state index in [0.717, 1.165) is 19.5 Å². The number of rotatable bonds is 7. The minimum atomic E-state index is -0.586. The summed E-state index contributed by atoms with van der Waals surface area (Å²) >= 11 is 0. The zero-order valence-corrected chi connectivity index (χ0v) is 11.2. The van der Waals surface area contributed by atoms with Crippen molar-refractivity contribution in [2.45, 2.75) is 52.6 Å². The van der Waals surface area contributed by atoms with Gasteiger partial charge in [0, 0.05) is 5.54 Å². The number of hydrogen-bond acceptors (Lipinski definition) is 4. The Morgan fingerprint density at radius 2 is 1.81 bits per heavy atom. The second-order valence-corrected chi connectivity index (χ2v) is 4.11. The number of hydrogen-bond donors (Lipinski definition) is 1. The molecule has 0 saturated heterocycles. The third-order valence-corrected chi connectivity index (χ3v) is 3.41. The van der Waals surface area contributed by atoms with E-state index in [1.165, 1.54) is 0 Å². The number of carbonyl (C=O) groups excluding carboxylic acids is 1. The highest BCUT2D eigenvalue weighted by atomic mass is 16.5. The van der Waals surface area contributed by atoms with Gasteiger partial charge in [-0.15, -0.1) is 0 Å². The molecular formula is C12H26N2O2. The molecule has 0 aromatic heterocycles. The summed E-state index contributed by atoms with van der Waals surface area (Å²) in [6, 6.07) is -0.586. The fourth-order valence-corrected chi connectivity index (χ4v) is 2.07. The van der Waals surface area contributed by atoms with Crippen molar-refractivity contribution >= 4 is 5.97 Å². The molecule has 0 spiro atoms. The molecule has 0 aromatic rings. The number of carbonyl (C=O) groups is 1. The van der Waals surface area contributed by atoms with Gasteiger partial charge in [-0.3, -0.25) is 9.69 Å². The van der Waals surface area contributed by atoms with E-state index < -0.39 is 6.04 Å². The summed E-state index contributed by atoms with van der Waals surface area (Å²) in [7, 11) is 0. The summed E-state index contributed by atoms with van der Waals surface area (Å²) in [4.78, 5) is 13.9. The van der Waals surface area contributed by atoms with Crippen molar-refractivity contribution in [1.82, 2.24) is 4.90 Å². The molecule has 0 aliphatic carbocycles. The number of nitrogens with zero attached hydrogens (tertiary/aromatic N) is 1. The SMILES string of the molecule is CCOC(=O)[C@@H](N)[C@](C)(CC)N(CC)CC. The summed E-state index contributed by atoms with van der Waals surface area (Å²) in [5.74, 6) is -0.307. The van der Waals surface area contributed by atoms with Crippen molar-refractivity contribution in [1.29, 1.82) is 0 Å². The lowest BCUT2D eigenvalue weighted by molar-refractivity contribution is -0.148. The van der Waals surface area contributed by atoms with Crippen LogP contribution in [-0.4, -0.2) is 42.1 Å². The lowest BCUT2D eigenvalue weighted by Gasteiger charge is -2.42. The molecule has 0 unspecified atom stereocenters. The van der Waals surface area contributed by atoms with Gasteiger partial charge in [0.15, 0.2) is 0 Å². The van der Waals surface area contributed by atoms with Gasteiger partial charge in [-0.1, -0.05) is 20.8 Å². The largest absolute Gasteiger partial charge is 0.465 e. The van der Waals surface area contributed by atoms with Crippen LogP contribution in [0.3, 0.4) is 0 Å². The zero-order valence-electron chi connectivity index (χ0n) is 11.2. The monoisotopic (exact) mass is 230 g/mol. The fourth-order valence-electron chi connectivity index (χ4n) is 2.07. The average Bonchev–Trinajstić information content (AvgIpc) is 2.29. The highest BCUT2D eigenvalue weighted by Gasteiger charge is 2.39. The fraction of sp³-hybridized carbons (Fsp3) is 0.917. The van der Waals surface area contributed by atoms with Crippen LogP contribution in [0.1, 0.15) is 41.0 Å². The summed E-state index contributed by atoms with van der Waals surface area (Å²) in [5.41, 5.74) is 5.70. The Bertz CT molecular complexity index is 217. The first-order chi connectivity index (χ1) is 7.47. The quantitative estimate of drug-likeness (QED) is 0.671. The first-order valence-corrected chi connectivity index (χ1v) is 6.15. The summed E-state index contributed by atoms with van der Waals surface area (Å²) in [6.07, 6.45) is 0.828. The van der Waals surface area contributed by atoms with Crippen LogP contribution in [0.15, 0.2) is 0 Å². The third-order valence-electron chi connectivity index (χ3n) is 3.41. The maximum absolute atomic E-state index is 11.7. The van der Waals surface area contributed by atoms with Crippen LogP contribution in [0.5, 0.6) is 0 Å². The van der Waals surface area contributed by atoms with Crippen LogP contribution in [0.4, 0.5) is 0 Å². The summed E-state index contributed by atoms with van der Waals surface area (Å²) in [5, 5.41) is 0. The Kier molecular flexibility index (Phi) is 6.60. The lowest BCUT2D eigenvalue weighted by Crippen LogP contribution is -2.61. The average molecular weight is 230 g/mol. The van der Waals surface area contributed by atoms with Crippen molar-refractivity contribution in [3.8, 4) is 0 Å². The molecule has 0 amide bonds. The van der Waals surface area contributed by atoms with Crippen molar-refractivity contribution in [3.05, 3.63) is 0 Å². The van der Waals surface area contributed by atoms with Gasteiger partial charge in [0.1, 0.15) is 6.04 Å². The second-order valence-electron chi connectivity index (χ2n) is 4.11. The Balaban J connectivity index is 4.85. The smallest absolute Gasteiger partial charge is 0.324 e. The molecule has 96 valence electrons. The molecular weight excluding hydrogens is 204 g/mol. The Labute approximate surface area is 99.1 Å². The van der Waals surface area contributed by atoms with E-state index in [1.54, 1.807) is 6.92 Å². The summed E-state index contributed by atoms with van der Waals surface area (Å²) < 4.78 is 5.00. The van der Waals surface area contributed by atoms with Crippen molar-refractivity contribution < 1.29 is 9.53 Å². The van der Waals surface area contributed by atoms with Crippen molar-refractivity contribution in [3.63, 3.8) is 0 Å². The minimum Gasteiger partial charge on any atom is -0.465 e. The Morgan fingerprint density at radius 3 is 2.12 bits per heavy atom. The van der Waals surface area contributed by atoms with E-state index in [0.29, 0.717) is 6.61 Å². The molecule has 0 aliphatic rings. The Morgan fingerprint density at radius 1 is 1.31 bits per heavy atom. The highest BCUT2D eigenvalue weighted by Crippen LogP contribution is 2.23. The van der Waals surface area contributed by atoms with Gasteiger partial charge in [-0.2, -0.15) is 0 Å². The Hall–Kier alpha value is -0.610.